The van der Waals surface area contributed by atoms with E-state index in [9.17, 15) is 0 Å². The van der Waals surface area contributed by atoms with Crippen LogP contribution in [0.4, 0.5) is 0 Å². The van der Waals surface area contributed by atoms with E-state index in [-0.39, 0.29) is 0 Å². The third-order valence-corrected chi connectivity index (χ3v) is 4.31. The van der Waals surface area contributed by atoms with Crippen molar-refractivity contribution < 1.29 is 0 Å². The summed E-state index contributed by atoms with van der Waals surface area (Å²) in [6, 6.07) is 1.48. The van der Waals surface area contributed by atoms with Crippen LogP contribution in [0.25, 0.3) is 0 Å². The van der Waals surface area contributed by atoms with Gasteiger partial charge in [0.25, 0.3) is 0 Å². The molecule has 1 N–H and O–H groups in total. The summed E-state index contributed by atoms with van der Waals surface area (Å²) in [4.78, 5) is 0. The predicted molar refractivity (Wildman–Crippen MR) is 65.8 cm³/mol. The maximum absolute atomic E-state index is 3.80. The van der Waals surface area contributed by atoms with Gasteiger partial charge in [-0.25, -0.2) is 0 Å². The molecular weight excluding hydrogens is 182 g/mol. The molecule has 2 rings (SSSR count). The zero-order valence-electron chi connectivity index (χ0n) is 10.4. The first-order valence-corrected chi connectivity index (χ1v) is 6.63. The minimum Gasteiger partial charge on any atom is -0.311 e. The monoisotopic (exact) mass is 207 g/mol. The molecule has 0 heterocycles. The van der Waals surface area contributed by atoms with Gasteiger partial charge in [-0.15, -0.1) is 0 Å². The second-order valence-electron chi connectivity index (χ2n) is 5.66. The highest BCUT2D eigenvalue weighted by atomic mass is 15.0. The summed E-state index contributed by atoms with van der Waals surface area (Å²) in [5.74, 6) is 2.71. The van der Waals surface area contributed by atoms with Crippen molar-refractivity contribution in [2.24, 2.45) is 17.8 Å². The molecule has 2 aliphatic carbocycles. The standard InChI is InChI=1S/C14H25N/c1-4-10(2)8-11(3)15-14-9-12-6-5-7-13(12)14/h5,7,10-15H,4,6,8-9H2,1-3H3. The topological polar surface area (TPSA) is 12.0 Å². The van der Waals surface area contributed by atoms with Crippen LogP contribution in [0, 0.1) is 17.8 Å². The first kappa shape index (κ1) is 11.2. The van der Waals surface area contributed by atoms with E-state index in [1.807, 2.05) is 0 Å². The van der Waals surface area contributed by atoms with Crippen LogP contribution in [-0.2, 0) is 0 Å². The summed E-state index contributed by atoms with van der Waals surface area (Å²) < 4.78 is 0. The minimum absolute atomic E-state index is 0.694. The highest BCUT2D eigenvalue weighted by Gasteiger charge is 2.41. The molecule has 0 bridgehead atoms. The third-order valence-electron chi connectivity index (χ3n) is 4.31. The lowest BCUT2D eigenvalue weighted by Crippen LogP contribution is -2.51. The highest BCUT2D eigenvalue weighted by Crippen LogP contribution is 2.42. The normalized spacial score (nSPS) is 37.1. The van der Waals surface area contributed by atoms with Gasteiger partial charge < -0.3 is 5.32 Å². The Hall–Kier alpha value is -0.300. The number of hydrogen-bond acceptors (Lipinski definition) is 1. The molecule has 0 saturated heterocycles. The first-order valence-electron chi connectivity index (χ1n) is 6.63. The Labute approximate surface area is 94.3 Å². The molecule has 1 nitrogen and oxygen atoms in total. The third kappa shape index (κ3) is 2.44. The number of allylic oxidation sites excluding steroid dienone is 1. The van der Waals surface area contributed by atoms with Crippen molar-refractivity contribution in [2.75, 3.05) is 0 Å². The van der Waals surface area contributed by atoms with Gasteiger partial charge in [-0.3, -0.25) is 0 Å². The number of rotatable bonds is 5. The second kappa shape index (κ2) is 4.69. The van der Waals surface area contributed by atoms with Gasteiger partial charge in [-0.2, -0.15) is 0 Å². The van der Waals surface area contributed by atoms with E-state index in [0.717, 1.165) is 23.8 Å². The molecule has 1 heteroatoms. The van der Waals surface area contributed by atoms with Crippen molar-refractivity contribution in [3.63, 3.8) is 0 Å². The van der Waals surface area contributed by atoms with Crippen molar-refractivity contribution >= 4 is 0 Å². The van der Waals surface area contributed by atoms with Gasteiger partial charge in [0.2, 0.25) is 0 Å². The predicted octanol–water partition coefficient (Wildman–Crippen LogP) is 3.37. The maximum atomic E-state index is 3.80. The summed E-state index contributed by atoms with van der Waals surface area (Å²) in [7, 11) is 0. The van der Waals surface area contributed by atoms with E-state index in [0.29, 0.717) is 6.04 Å². The van der Waals surface area contributed by atoms with Crippen LogP contribution in [-0.4, -0.2) is 12.1 Å². The fraction of sp³-hybridized carbons (Fsp3) is 0.857. The van der Waals surface area contributed by atoms with Crippen molar-refractivity contribution in [3.8, 4) is 0 Å². The molecule has 0 aromatic heterocycles. The van der Waals surface area contributed by atoms with Crippen molar-refractivity contribution in [3.05, 3.63) is 12.2 Å². The quantitative estimate of drug-likeness (QED) is 0.682. The van der Waals surface area contributed by atoms with Crippen LogP contribution in [0.15, 0.2) is 12.2 Å². The minimum atomic E-state index is 0.694. The molecule has 0 radical (unpaired) electrons. The zero-order chi connectivity index (χ0) is 10.8. The molecule has 1 saturated carbocycles. The van der Waals surface area contributed by atoms with Crippen LogP contribution < -0.4 is 5.32 Å². The zero-order valence-corrected chi connectivity index (χ0v) is 10.4. The molecule has 0 aliphatic heterocycles. The van der Waals surface area contributed by atoms with Crippen LogP contribution >= 0.6 is 0 Å². The smallest absolute Gasteiger partial charge is 0.0138 e. The summed E-state index contributed by atoms with van der Waals surface area (Å²) in [6.07, 6.45) is 10.2. The summed E-state index contributed by atoms with van der Waals surface area (Å²) in [5, 5.41) is 3.80. The molecule has 5 unspecified atom stereocenters. The molecule has 0 amide bonds. The van der Waals surface area contributed by atoms with Gasteiger partial charge in [0.15, 0.2) is 0 Å². The Morgan fingerprint density at radius 2 is 2.20 bits per heavy atom. The van der Waals surface area contributed by atoms with Crippen molar-refractivity contribution in [2.45, 2.75) is 58.5 Å². The SMILES string of the molecule is CCC(C)CC(C)NC1CC2CC=CC21. The van der Waals surface area contributed by atoms with Gasteiger partial charge in [0, 0.05) is 12.1 Å². The van der Waals surface area contributed by atoms with E-state index in [4.69, 9.17) is 0 Å². The summed E-state index contributed by atoms with van der Waals surface area (Å²) in [6.45, 7) is 6.99. The average molecular weight is 207 g/mol. The van der Waals surface area contributed by atoms with Gasteiger partial charge in [-0.1, -0.05) is 32.4 Å². The van der Waals surface area contributed by atoms with Gasteiger partial charge in [0.05, 0.1) is 0 Å². The van der Waals surface area contributed by atoms with Gasteiger partial charge in [0.1, 0.15) is 0 Å². The molecule has 2 aliphatic rings. The number of nitrogens with one attached hydrogen (secondary N) is 1. The Kier molecular flexibility index (Phi) is 3.50. The van der Waals surface area contributed by atoms with E-state index in [2.05, 4.69) is 38.2 Å². The molecule has 5 atom stereocenters. The van der Waals surface area contributed by atoms with Gasteiger partial charge >= 0.3 is 0 Å². The molecular formula is C14H25N. The molecule has 1 fully saturated rings. The molecule has 15 heavy (non-hydrogen) atoms. The van der Waals surface area contributed by atoms with Crippen molar-refractivity contribution in [1.29, 1.82) is 0 Å². The van der Waals surface area contributed by atoms with E-state index < -0.39 is 0 Å². The number of hydrogen-bond donors (Lipinski definition) is 1. The van der Waals surface area contributed by atoms with Crippen LogP contribution in [0.1, 0.15) is 46.5 Å². The van der Waals surface area contributed by atoms with E-state index in [1.165, 1.54) is 25.7 Å². The van der Waals surface area contributed by atoms with E-state index >= 15 is 0 Å². The van der Waals surface area contributed by atoms with Crippen molar-refractivity contribution in [1.82, 2.24) is 5.32 Å². The fourth-order valence-electron chi connectivity index (χ4n) is 3.11. The number of fused-ring (bicyclic) bond motifs is 1. The first-order chi connectivity index (χ1) is 7.20. The molecule has 0 aromatic carbocycles. The lowest BCUT2D eigenvalue weighted by atomic mass is 9.71. The second-order valence-corrected chi connectivity index (χ2v) is 5.66. The summed E-state index contributed by atoms with van der Waals surface area (Å²) >= 11 is 0. The lowest BCUT2D eigenvalue weighted by molar-refractivity contribution is 0.147. The maximum Gasteiger partial charge on any atom is 0.0138 e. The highest BCUT2D eigenvalue weighted by molar-refractivity contribution is 5.13. The van der Waals surface area contributed by atoms with Crippen LogP contribution in [0.5, 0.6) is 0 Å². The Morgan fingerprint density at radius 1 is 1.40 bits per heavy atom. The molecule has 0 spiro atoms. The summed E-state index contributed by atoms with van der Waals surface area (Å²) in [5.41, 5.74) is 0. The Balaban J connectivity index is 1.71. The van der Waals surface area contributed by atoms with E-state index in [1.54, 1.807) is 0 Å². The Bertz CT molecular complexity index is 233. The molecule has 0 aromatic rings. The van der Waals surface area contributed by atoms with Crippen LogP contribution in [0.2, 0.25) is 0 Å². The van der Waals surface area contributed by atoms with Crippen LogP contribution in [0.3, 0.4) is 0 Å². The molecule has 86 valence electrons. The lowest BCUT2D eigenvalue weighted by Gasteiger charge is -2.42. The largest absolute Gasteiger partial charge is 0.311 e. The Morgan fingerprint density at radius 3 is 2.87 bits per heavy atom. The fourth-order valence-corrected chi connectivity index (χ4v) is 3.11. The average Bonchev–Trinajstić information content (AvgIpc) is 2.56. The van der Waals surface area contributed by atoms with Gasteiger partial charge in [-0.05, 0) is 43.9 Å².